The molecular formula is C27H36ClN3O3S. The standard InChI is InChI=1S/C27H36ClN3O3S/c1-20(2)34-17-16-31(26(32)19-28)24-8-6-23(7-9-24)27(33)30-14-12-29(13-15-30)11-10-22-5-4-21(3)18-25(22)35/h4-9,18,20,35H,10-17,19H2,1-3H3. The number of amides is 2. The van der Waals surface area contributed by atoms with E-state index in [0.717, 1.165) is 31.0 Å². The van der Waals surface area contributed by atoms with E-state index >= 15 is 0 Å². The Kier molecular flexibility index (Phi) is 10.5. The topological polar surface area (TPSA) is 53.1 Å². The van der Waals surface area contributed by atoms with E-state index in [-0.39, 0.29) is 23.8 Å². The lowest BCUT2D eigenvalue weighted by Gasteiger charge is -2.35. The molecule has 1 saturated heterocycles. The second kappa shape index (κ2) is 13.3. The number of thiol groups is 1. The predicted octanol–water partition coefficient (Wildman–Crippen LogP) is 4.28. The van der Waals surface area contributed by atoms with E-state index in [2.05, 4.69) is 42.7 Å². The molecule has 6 nitrogen and oxygen atoms in total. The van der Waals surface area contributed by atoms with Crippen molar-refractivity contribution in [3.8, 4) is 0 Å². The summed E-state index contributed by atoms with van der Waals surface area (Å²) >= 11 is 10.4. The van der Waals surface area contributed by atoms with Gasteiger partial charge in [-0.3, -0.25) is 14.5 Å². The SMILES string of the molecule is Cc1ccc(CCN2CCN(C(=O)c3ccc(N(CCOC(C)C)C(=O)CCl)cc3)CC2)c(S)c1. The Hall–Kier alpha value is -2.06. The third-order valence-electron chi connectivity index (χ3n) is 6.21. The van der Waals surface area contributed by atoms with Crippen LogP contribution in [0.25, 0.3) is 0 Å². The average molecular weight is 518 g/mol. The van der Waals surface area contributed by atoms with Gasteiger partial charge in [0.2, 0.25) is 5.91 Å². The van der Waals surface area contributed by atoms with Crippen molar-refractivity contribution in [3.05, 3.63) is 59.2 Å². The van der Waals surface area contributed by atoms with Crippen LogP contribution in [0.1, 0.15) is 35.3 Å². The van der Waals surface area contributed by atoms with Crippen LogP contribution in [0.15, 0.2) is 47.4 Å². The Morgan fingerprint density at radius 3 is 2.37 bits per heavy atom. The van der Waals surface area contributed by atoms with E-state index in [1.807, 2.05) is 18.7 Å². The number of hydrogen-bond donors (Lipinski definition) is 1. The zero-order chi connectivity index (χ0) is 25.4. The maximum Gasteiger partial charge on any atom is 0.253 e. The van der Waals surface area contributed by atoms with Crippen molar-refractivity contribution in [3.63, 3.8) is 0 Å². The molecule has 0 radical (unpaired) electrons. The summed E-state index contributed by atoms with van der Waals surface area (Å²) in [5.41, 5.74) is 3.81. The van der Waals surface area contributed by atoms with Crippen LogP contribution in [0.4, 0.5) is 5.69 Å². The van der Waals surface area contributed by atoms with Gasteiger partial charge >= 0.3 is 0 Å². The summed E-state index contributed by atoms with van der Waals surface area (Å²) in [4.78, 5) is 32.3. The van der Waals surface area contributed by atoms with E-state index in [1.54, 1.807) is 29.2 Å². The van der Waals surface area contributed by atoms with Gasteiger partial charge in [0.15, 0.2) is 0 Å². The molecule has 2 aromatic carbocycles. The van der Waals surface area contributed by atoms with Crippen LogP contribution in [0, 0.1) is 6.92 Å². The third kappa shape index (κ3) is 7.97. The van der Waals surface area contributed by atoms with Crippen molar-refractivity contribution >= 4 is 41.7 Å². The van der Waals surface area contributed by atoms with Crippen LogP contribution in [0.5, 0.6) is 0 Å². The monoisotopic (exact) mass is 517 g/mol. The zero-order valence-corrected chi connectivity index (χ0v) is 22.5. The number of piperazine rings is 1. The molecule has 1 aliphatic heterocycles. The molecule has 0 spiro atoms. The highest BCUT2D eigenvalue weighted by atomic mass is 35.5. The fourth-order valence-electron chi connectivity index (χ4n) is 4.15. The molecule has 1 heterocycles. The minimum atomic E-state index is -0.190. The highest BCUT2D eigenvalue weighted by molar-refractivity contribution is 7.80. The Labute approximate surface area is 219 Å². The normalized spacial score (nSPS) is 14.4. The van der Waals surface area contributed by atoms with E-state index < -0.39 is 0 Å². The summed E-state index contributed by atoms with van der Waals surface area (Å²) in [6, 6.07) is 13.6. The van der Waals surface area contributed by atoms with Crippen molar-refractivity contribution < 1.29 is 14.3 Å². The Morgan fingerprint density at radius 1 is 1.09 bits per heavy atom. The first-order valence-corrected chi connectivity index (χ1v) is 13.1. The number of carbonyl (C=O) groups is 2. The minimum absolute atomic E-state index is 0.0192. The van der Waals surface area contributed by atoms with Gasteiger partial charge in [0.1, 0.15) is 5.88 Å². The molecule has 0 aromatic heterocycles. The first kappa shape index (κ1) is 27.5. The average Bonchev–Trinajstić information content (AvgIpc) is 2.85. The number of benzene rings is 2. The Balaban J connectivity index is 1.52. The maximum absolute atomic E-state index is 13.1. The summed E-state index contributed by atoms with van der Waals surface area (Å²) in [7, 11) is 0. The van der Waals surface area contributed by atoms with E-state index in [0.29, 0.717) is 37.5 Å². The number of rotatable bonds is 10. The molecule has 0 bridgehead atoms. The van der Waals surface area contributed by atoms with Crippen molar-refractivity contribution in [1.82, 2.24) is 9.80 Å². The fraction of sp³-hybridized carbons (Fsp3) is 0.481. The zero-order valence-electron chi connectivity index (χ0n) is 20.9. The van der Waals surface area contributed by atoms with Gasteiger partial charge in [0.05, 0.1) is 12.7 Å². The highest BCUT2D eigenvalue weighted by Gasteiger charge is 2.23. The first-order chi connectivity index (χ1) is 16.8. The number of halogens is 1. The van der Waals surface area contributed by atoms with Gasteiger partial charge in [-0.05, 0) is 63.1 Å². The van der Waals surface area contributed by atoms with E-state index in [4.69, 9.17) is 16.3 Å². The molecule has 2 amide bonds. The second-order valence-corrected chi connectivity index (χ2v) is 9.91. The molecule has 0 aliphatic carbocycles. The summed E-state index contributed by atoms with van der Waals surface area (Å²) in [5, 5.41) is 0. The van der Waals surface area contributed by atoms with Gasteiger partial charge in [-0.1, -0.05) is 17.7 Å². The van der Waals surface area contributed by atoms with Crippen molar-refractivity contribution in [2.45, 2.75) is 38.2 Å². The number of hydrogen-bond acceptors (Lipinski definition) is 5. The lowest BCUT2D eigenvalue weighted by molar-refractivity contribution is -0.116. The molecule has 2 aromatic rings. The molecular weight excluding hydrogens is 482 g/mol. The lowest BCUT2D eigenvalue weighted by Crippen LogP contribution is -2.49. The largest absolute Gasteiger partial charge is 0.377 e. The van der Waals surface area contributed by atoms with Gasteiger partial charge in [-0.2, -0.15) is 0 Å². The number of ether oxygens (including phenoxy) is 1. The molecule has 0 saturated carbocycles. The van der Waals surface area contributed by atoms with Crippen LogP contribution in [0.2, 0.25) is 0 Å². The van der Waals surface area contributed by atoms with Crippen molar-refractivity contribution in [2.24, 2.45) is 0 Å². The summed E-state index contributed by atoms with van der Waals surface area (Å²) in [5.74, 6) is -0.276. The number of alkyl halides is 1. The van der Waals surface area contributed by atoms with Crippen LogP contribution in [-0.2, 0) is 16.0 Å². The molecule has 0 atom stereocenters. The van der Waals surface area contributed by atoms with Gasteiger partial charge in [0, 0.05) is 55.4 Å². The summed E-state index contributed by atoms with van der Waals surface area (Å²) in [6.45, 7) is 10.9. The van der Waals surface area contributed by atoms with Crippen LogP contribution in [0.3, 0.4) is 0 Å². The van der Waals surface area contributed by atoms with E-state index in [1.165, 1.54) is 11.1 Å². The molecule has 35 heavy (non-hydrogen) atoms. The quantitative estimate of drug-likeness (QED) is 0.377. The molecule has 1 fully saturated rings. The maximum atomic E-state index is 13.1. The first-order valence-electron chi connectivity index (χ1n) is 12.2. The number of aryl methyl sites for hydroxylation is 1. The lowest BCUT2D eigenvalue weighted by atomic mass is 10.1. The van der Waals surface area contributed by atoms with Gasteiger partial charge in [-0.15, -0.1) is 24.2 Å². The summed E-state index contributed by atoms with van der Waals surface area (Å²) < 4.78 is 5.59. The number of nitrogens with zero attached hydrogens (tertiary/aromatic N) is 3. The van der Waals surface area contributed by atoms with E-state index in [9.17, 15) is 9.59 Å². The van der Waals surface area contributed by atoms with Crippen LogP contribution < -0.4 is 4.90 Å². The smallest absolute Gasteiger partial charge is 0.253 e. The molecule has 1 aliphatic rings. The third-order valence-corrected chi connectivity index (χ3v) is 6.85. The Bertz CT molecular complexity index is 992. The predicted molar refractivity (Wildman–Crippen MR) is 145 cm³/mol. The molecule has 3 rings (SSSR count). The van der Waals surface area contributed by atoms with Crippen molar-refractivity contribution in [1.29, 1.82) is 0 Å². The van der Waals surface area contributed by atoms with Crippen molar-refractivity contribution in [2.75, 3.05) is 56.7 Å². The van der Waals surface area contributed by atoms with Gasteiger partial charge in [-0.25, -0.2) is 0 Å². The minimum Gasteiger partial charge on any atom is -0.377 e. The molecule has 0 N–H and O–H groups in total. The highest BCUT2D eigenvalue weighted by Crippen LogP contribution is 2.19. The molecule has 0 unspecified atom stereocenters. The second-order valence-electron chi connectivity index (χ2n) is 9.16. The number of carbonyl (C=O) groups excluding carboxylic acids is 2. The summed E-state index contributed by atoms with van der Waals surface area (Å²) in [6.07, 6.45) is 1.04. The molecule has 190 valence electrons. The van der Waals surface area contributed by atoms with Crippen LogP contribution >= 0.6 is 24.2 Å². The Morgan fingerprint density at radius 2 is 1.77 bits per heavy atom. The van der Waals surface area contributed by atoms with Gasteiger partial charge in [0.25, 0.3) is 5.91 Å². The molecule has 8 heteroatoms. The fourth-order valence-corrected chi connectivity index (χ4v) is 4.69. The number of anilines is 1. The van der Waals surface area contributed by atoms with Gasteiger partial charge < -0.3 is 14.5 Å². The van der Waals surface area contributed by atoms with Crippen LogP contribution in [-0.4, -0.2) is 79.5 Å².